The van der Waals surface area contributed by atoms with Crippen LogP contribution in [0.2, 0.25) is 0 Å². The summed E-state index contributed by atoms with van der Waals surface area (Å²) in [6, 6.07) is 9.29. The number of rotatable bonds is 5. The van der Waals surface area contributed by atoms with Crippen molar-refractivity contribution in [2.75, 3.05) is 5.32 Å². The molecule has 2 atom stereocenters. The van der Waals surface area contributed by atoms with Gasteiger partial charge in [0.2, 0.25) is 0 Å². The fourth-order valence-electron chi connectivity index (χ4n) is 3.86. The maximum atomic E-state index is 14.3. The van der Waals surface area contributed by atoms with E-state index >= 15 is 0 Å². The van der Waals surface area contributed by atoms with Crippen LogP contribution in [0.1, 0.15) is 23.2 Å². The Kier molecular flexibility index (Phi) is 5.04. The van der Waals surface area contributed by atoms with E-state index in [2.05, 4.69) is 25.8 Å². The van der Waals surface area contributed by atoms with Gasteiger partial charge in [0.15, 0.2) is 5.13 Å². The first-order valence-corrected chi connectivity index (χ1v) is 10.7. The van der Waals surface area contributed by atoms with Crippen LogP contribution in [0.25, 0.3) is 15.9 Å². The third-order valence-corrected chi connectivity index (χ3v) is 6.23. The lowest BCUT2D eigenvalue weighted by Crippen LogP contribution is -2.43. The van der Waals surface area contributed by atoms with Gasteiger partial charge in [-0.25, -0.2) is 18.2 Å². The number of halogens is 3. The molecule has 11 heteroatoms. The van der Waals surface area contributed by atoms with Crippen LogP contribution in [0.3, 0.4) is 0 Å². The summed E-state index contributed by atoms with van der Waals surface area (Å²) in [6.07, 6.45) is 2.01. The highest BCUT2D eigenvalue weighted by molar-refractivity contribution is 7.22. The number of hydrogen-bond acceptors (Lipinski definition) is 6. The first kappa shape index (κ1) is 20.4. The van der Waals surface area contributed by atoms with Gasteiger partial charge < -0.3 is 10.6 Å². The lowest BCUT2D eigenvalue weighted by Gasteiger charge is -2.21. The minimum absolute atomic E-state index is 0.271. The smallest absolute Gasteiger partial charge is 0.253 e. The van der Waals surface area contributed by atoms with Crippen molar-refractivity contribution in [2.45, 2.75) is 30.8 Å². The lowest BCUT2D eigenvalue weighted by atomic mass is 10.1. The number of nitrogens with zero attached hydrogens (tertiary/aromatic N) is 4. The average molecular weight is 458 g/mol. The predicted octanol–water partition coefficient (Wildman–Crippen LogP) is 4.02. The van der Waals surface area contributed by atoms with Crippen molar-refractivity contribution in [3.63, 3.8) is 0 Å². The third kappa shape index (κ3) is 4.03. The number of para-hydroxylation sites is 1. The molecule has 4 aromatic rings. The molecule has 1 amide bonds. The number of anilines is 1. The molecule has 0 bridgehead atoms. The maximum Gasteiger partial charge on any atom is 0.253 e. The zero-order valence-corrected chi connectivity index (χ0v) is 17.3. The maximum absolute atomic E-state index is 14.3. The quantitative estimate of drug-likeness (QED) is 0.472. The molecule has 1 fully saturated rings. The van der Waals surface area contributed by atoms with Crippen LogP contribution in [0.5, 0.6) is 0 Å². The van der Waals surface area contributed by atoms with Crippen LogP contribution in [-0.2, 0) is 0 Å². The molecule has 0 unspecified atom stereocenters. The number of hydrogen-bond donors (Lipinski definition) is 2. The molecule has 1 aliphatic carbocycles. The molecule has 2 aromatic heterocycles. The van der Waals surface area contributed by atoms with Gasteiger partial charge in [-0.05, 0) is 30.3 Å². The minimum atomic E-state index is -2.94. The van der Waals surface area contributed by atoms with Crippen molar-refractivity contribution in [3.8, 4) is 5.69 Å². The van der Waals surface area contributed by atoms with Crippen molar-refractivity contribution in [3.05, 3.63) is 66.2 Å². The number of nitrogens with one attached hydrogen (secondary N) is 2. The molecule has 2 N–H and O–H groups in total. The zero-order valence-electron chi connectivity index (χ0n) is 16.5. The molecule has 164 valence electrons. The van der Waals surface area contributed by atoms with Crippen LogP contribution in [0.4, 0.5) is 18.3 Å². The topological polar surface area (TPSA) is 84.7 Å². The molecule has 1 aliphatic rings. The van der Waals surface area contributed by atoms with E-state index in [9.17, 15) is 18.0 Å². The van der Waals surface area contributed by atoms with Crippen LogP contribution >= 0.6 is 11.3 Å². The number of amides is 1. The van der Waals surface area contributed by atoms with E-state index in [0.29, 0.717) is 21.0 Å². The Bertz CT molecular complexity index is 1280. The molecule has 0 radical (unpaired) electrons. The second-order valence-corrected chi connectivity index (χ2v) is 8.59. The Hall–Kier alpha value is -3.47. The van der Waals surface area contributed by atoms with E-state index in [-0.39, 0.29) is 5.56 Å². The highest BCUT2D eigenvalue weighted by Crippen LogP contribution is 2.38. The highest BCUT2D eigenvalue weighted by Gasteiger charge is 2.47. The SMILES string of the molecule is O=C(N[C@@H]1CC(F)(F)C[C@@H]1Nc1nc2ccc(F)cc2s1)c1ccccc1-n1nccn1. The van der Waals surface area contributed by atoms with Gasteiger partial charge in [-0.15, -0.1) is 0 Å². The number of benzene rings is 2. The van der Waals surface area contributed by atoms with Crippen LogP contribution < -0.4 is 10.6 Å². The van der Waals surface area contributed by atoms with Gasteiger partial charge in [0.25, 0.3) is 11.8 Å². The van der Waals surface area contributed by atoms with Crippen molar-refractivity contribution in [1.29, 1.82) is 0 Å². The molecule has 2 aromatic carbocycles. The fourth-order valence-corrected chi connectivity index (χ4v) is 4.81. The number of aromatic nitrogens is 4. The summed E-state index contributed by atoms with van der Waals surface area (Å²) in [5.41, 5.74) is 1.29. The van der Waals surface area contributed by atoms with E-state index in [1.54, 1.807) is 24.3 Å². The molecular weight excluding hydrogens is 441 g/mol. The van der Waals surface area contributed by atoms with E-state index in [0.717, 1.165) is 0 Å². The number of thiazole rings is 1. The van der Waals surface area contributed by atoms with E-state index < -0.39 is 42.6 Å². The van der Waals surface area contributed by atoms with Crippen molar-refractivity contribution in [1.82, 2.24) is 25.3 Å². The van der Waals surface area contributed by atoms with Crippen LogP contribution in [-0.4, -0.2) is 43.9 Å². The molecule has 7 nitrogen and oxygen atoms in total. The average Bonchev–Trinajstić information content (AvgIpc) is 3.47. The van der Waals surface area contributed by atoms with E-state index in [1.807, 2.05) is 0 Å². The molecule has 0 aliphatic heterocycles. The third-order valence-electron chi connectivity index (χ3n) is 5.28. The van der Waals surface area contributed by atoms with Gasteiger partial charge in [-0.1, -0.05) is 23.5 Å². The highest BCUT2D eigenvalue weighted by atomic mass is 32.1. The zero-order chi connectivity index (χ0) is 22.3. The number of carbonyl (C=O) groups excluding carboxylic acids is 1. The van der Waals surface area contributed by atoms with Crippen LogP contribution in [0, 0.1) is 5.82 Å². The van der Waals surface area contributed by atoms with Gasteiger partial charge in [-0.3, -0.25) is 4.79 Å². The molecule has 5 rings (SSSR count). The Morgan fingerprint density at radius 3 is 2.66 bits per heavy atom. The van der Waals surface area contributed by atoms with E-state index in [4.69, 9.17) is 0 Å². The summed E-state index contributed by atoms with van der Waals surface area (Å²) in [6.45, 7) is 0. The Morgan fingerprint density at radius 2 is 1.84 bits per heavy atom. The number of fused-ring (bicyclic) bond motifs is 1. The van der Waals surface area contributed by atoms with Crippen molar-refractivity contribution < 1.29 is 18.0 Å². The number of alkyl halides is 2. The lowest BCUT2D eigenvalue weighted by molar-refractivity contribution is 0.00651. The largest absolute Gasteiger partial charge is 0.356 e. The summed E-state index contributed by atoms with van der Waals surface area (Å²) in [7, 11) is 0. The summed E-state index contributed by atoms with van der Waals surface area (Å²) in [5.74, 6) is -3.84. The van der Waals surface area contributed by atoms with Crippen molar-refractivity contribution >= 4 is 32.6 Å². The van der Waals surface area contributed by atoms with Gasteiger partial charge >= 0.3 is 0 Å². The number of carbonyl (C=O) groups is 1. The standard InChI is InChI=1S/C21H17F3N6OS/c22-12-5-6-14-18(9-12)32-20(28-14)29-16-11-21(23,24)10-15(16)27-19(31)13-3-1-2-4-17(13)30-25-7-8-26-30/h1-9,15-16H,10-11H2,(H,27,31)(H,28,29)/t15-,16+/m1/s1. The predicted molar refractivity (Wildman–Crippen MR) is 114 cm³/mol. The molecule has 2 heterocycles. The monoisotopic (exact) mass is 458 g/mol. The first-order valence-electron chi connectivity index (χ1n) is 9.85. The van der Waals surface area contributed by atoms with Gasteiger partial charge in [-0.2, -0.15) is 15.0 Å². The molecule has 32 heavy (non-hydrogen) atoms. The van der Waals surface area contributed by atoms with Crippen molar-refractivity contribution in [2.24, 2.45) is 0 Å². The molecular formula is C21H17F3N6OS. The summed E-state index contributed by atoms with van der Waals surface area (Å²) in [5, 5.41) is 14.2. The Labute approximate surface area is 184 Å². The summed E-state index contributed by atoms with van der Waals surface area (Å²) in [4.78, 5) is 18.6. The Balaban J connectivity index is 1.38. The second kappa shape index (κ2) is 7.90. The summed E-state index contributed by atoms with van der Waals surface area (Å²) < 4.78 is 42.6. The molecule has 1 saturated carbocycles. The van der Waals surface area contributed by atoms with Gasteiger partial charge in [0.1, 0.15) is 5.82 Å². The van der Waals surface area contributed by atoms with E-state index in [1.165, 1.54) is 46.7 Å². The second-order valence-electron chi connectivity index (χ2n) is 7.56. The summed E-state index contributed by atoms with van der Waals surface area (Å²) >= 11 is 1.18. The Morgan fingerprint density at radius 1 is 1.09 bits per heavy atom. The minimum Gasteiger partial charge on any atom is -0.356 e. The fraction of sp³-hybridized carbons (Fsp3) is 0.238. The van der Waals surface area contributed by atoms with Crippen LogP contribution in [0.15, 0.2) is 54.9 Å². The molecule has 0 spiro atoms. The first-order chi connectivity index (χ1) is 15.4. The van der Waals surface area contributed by atoms with Gasteiger partial charge in [0, 0.05) is 12.8 Å². The van der Waals surface area contributed by atoms with Gasteiger partial charge in [0.05, 0.1) is 45.9 Å². The molecule has 0 saturated heterocycles. The normalized spacial score (nSPS) is 19.8.